The van der Waals surface area contributed by atoms with E-state index in [1.807, 2.05) is 0 Å². The van der Waals surface area contributed by atoms with E-state index in [2.05, 4.69) is 11.3 Å². The van der Waals surface area contributed by atoms with Crippen LogP contribution in [0.3, 0.4) is 0 Å². The van der Waals surface area contributed by atoms with Crippen LogP contribution in [-0.2, 0) is 14.3 Å². The molecule has 1 amide bonds. The van der Waals surface area contributed by atoms with Crippen molar-refractivity contribution in [3.8, 4) is 0 Å². The maximum absolute atomic E-state index is 12.3. The number of rotatable bonds is 6. The molecule has 0 radical (unpaired) electrons. The minimum atomic E-state index is -5.20. The average Bonchev–Trinajstić information content (AvgIpc) is 2.36. The summed E-state index contributed by atoms with van der Waals surface area (Å²) in [6.07, 6.45) is -3.85. The van der Waals surface area contributed by atoms with E-state index in [0.29, 0.717) is 0 Å². The molecule has 5 nitrogen and oxygen atoms in total. The average molecular weight is 295 g/mol. The van der Waals surface area contributed by atoms with Crippen LogP contribution in [0.25, 0.3) is 0 Å². The molecule has 0 heterocycles. The van der Waals surface area contributed by atoms with Crippen LogP contribution in [-0.4, -0.2) is 41.9 Å². The molecule has 0 bridgehead atoms. The lowest BCUT2D eigenvalue weighted by atomic mass is 9.87. The fourth-order valence-corrected chi connectivity index (χ4v) is 1.53. The highest BCUT2D eigenvalue weighted by atomic mass is 19.4. The van der Waals surface area contributed by atoms with Gasteiger partial charge in [0, 0.05) is 6.42 Å². The number of hydrogen-bond acceptors (Lipinski definition) is 4. The topological polar surface area (TPSA) is 75.6 Å². The van der Waals surface area contributed by atoms with Crippen molar-refractivity contribution in [3.05, 3.63) is 24.8 Å². The van der Waals surface area contributed by atoms with Gasteiger partial charge in [0.15, 0.2) is 5.54 Å². The Kier molecular flexibility index (Phi) is 6.44. The van der Waals surface area contributed by atoms with Crippen LogP contribution in [0.1, 0.15) is 13.3 Å². The molecule has 0 saturated heterocycles. The number of halogens is 3. The molecule has 0 fully saturated rings. The molecular formula is C12H16F3NO4. The standard InChI is InChI=1S/C12H16F3NO4/c1-4-6-8(17)11(7-5-2,10(19)20-3)16-9(18)12(13,14)15/h4-6,8,17H,2,7H2,1,3H3,(H,16,18)/b6-4+/t8-,11+/m0/s1. The van der Waals surface area contributed by atoms with Gasteiger partial charge in [-0.2, -0.15) is 13.2 Å². The molecule has 0 aliphatic rings. The quantitative estimate of drug-likeness (QED) is 0.568. The van der Waals surface area contributed by atoms with E-state index in [4.69, 9.17) is 0 Å². The number of amides is 1. The molecule has 0 aliphatic heterocycles. The molecule has 0 aromatic carbocycles. The van der Waals surface area contributed by atoms with Gasteiger partial charge in [0.1, 0.15) is 6.10 Å². The first kappa shape index (κ1) is 18.2. The van der Waals surface area contributed by atoms with Crippen LogP contribution < -0.4 is 5.32 Å². The summed E-state index contributed by atoms with van der Waals surface area (Å²) in [7, 11) is 0.933. The molecule has 20 heavy (non-hydrogen) atoms. The first-order chi connectivity index (χ1) is 9.15. The normalized spacial score (nSPS) is 16.3. The second-order valence-corrected chi connectivity index (χ2v) is 3.88. The third-order valence-corrected chi connectivity index (χ3v) is 2.49. The zero-order valence-electron chi connectivity index (χ0n) is 11.0. The number of alkyl halides is 3. The second-order valence-electron chi connectivity index (χ2n) is 3.88. The van der Waals surface area contributed by atoms with Crippen molar-refractivity contribution in [2.75, 3.05) is 7.11 Å². The van der Waals surface area contributed by atoms with E-state index in [-0.39, 0.29) is 0 Å². The van der Waals surface area contributed by atoms with Gasteiger partial charge in [-0.3, -0.25) is 4.79 Å². The van der Waals surface area contributed by atoms with E-state index >= 15 is 0 Å². The third kappa shape index (κ3) is 4.09. The third-order valence-electron chi connectivity index (χ3n) is 2.49. The molecule has 2 N–H and O–H groups in total. The van der Waals surface area contributed by atoms with E-state index in [9.17, 15) is 27.9 Å². The Labute approximate surface area is 114 Å². The summed E-state index contributed by atoms with van der Waals surface area (Å²) >= 11 is 0. The zero-order chi connectivity index (χ0) is 16.0. The monoisotopic (exact) mass is 295 g/mol. The van der Waals surface area contributed by atoms with E-state index in [0.717, 1.165) is 19.3 Å². The molecule has 0 saturated carbocycles. The summed E-state index contributed by atoms with van der Waals surface area (Å²) in [5.41, 5.74) is -2.28. The number of aliphatic hydroxyl groups excluding tert-OH is 1. The molecule has 0 aromatic rings. The van der Waals surface area contributed by atoms with Crippen LogP contribution in [0.5, 0.6) is 0 Å². The summed E-state index contributed by atoms with van der Waals surface area (Å²) in [6.45, 7) is 4.79. The number of ether oxygens (including phenoxy) is 1. The van der Waals surface area contributed by atoms with Crippen LogP contribution in [0.4, 0.5) is 13.2 Å². The first-order valence-corrected chi connectivity index (χ1v) is 5.55. The predicted octanol–water partition coefficient (Wildman–Crippen LogP) is 1.09. The summed E-state index contributed by atoms with van der Waals surface area (Å²) in [5.74, 6) is -3.56. The number of nitrogens with one attached hydrogen (secondary N) is 1. The molecule has 0 aliphatic carbocycles. The summed E-state index contributed by atoms with van der Waals surface area (Å²) in [5, 5.41) is 11.4. The van der Waals surface area contributed by atoms with Crippen molar-refractivity contribution in [2.24, 2.45) is 0 Å². The van der Waals surface area contributed by atoms with Gasteiger partial charge < -0.3 is 15.2 Å². The molecule has 8 heteroatoms. The fraction of sp³-hybridized carbons (Fsp3) is 0.500. The maximum Gasteiger partial charge on any atom is 0.471 e. The Morgan fingerprint density at radius 2 is 2.00 bits per heavy atom. The number of allylic oxidation sites excluding steroid dienone is 1. The van der Waals surface area contributed by atoms with E-state index in [1.54, 1.807) is 0 Å². The fourth-order valence-electron chi connectivity index (χ4n) is 1.53. The van der Waals surface area contributed by atoms with Gasteiger partial charge in [-0.25, -0.2) is 4.79 Å². The Morgan fingerprint density at radius 3 is 2.35 bits per heavy atom. The molecule has 0 spiro atoms. The van der Waals surface area contributed by atoms with Gasteiger partial charge >= 0.3 is 18.1 Å². The predicted molar refractivity (Wildman–Crippen MR) is 64.6 cm³/mol. The Balaban J connectivity index is 5.68. The molecule has 114 valence electrons. The van der Waals surface area contributed by atoms with Gasteiger partial charge in [0.2, 0.25) is 0 Å². The molecule has 2 atom stereocenters. The van der Waals surface area contributed by atoms with Crippen molar-refractivity contribution in [3.63, 3.8) is 0 Å². The van der Waals surface area contributed by atoms with Gasteiger partial charge in [-0.1, -0.05) is 18.2 Å². The minimum Gasteiger partial charge on any atom is -0.467 e. The summed E-state index contributed by atoms with van der Waals surface area (Å²) < 4.78 is 41.4. The van der Waals surface area contributed by atoms with E-state index in [1.165, 1.54) is 18.3 Å². The molecule has 0 aromatic heterocycles. The van der Waals surface area contributed by atoms with Crippen molar-refractivity contribution in [1.82, 2.24) is 5.32 Å². The van der Waals surface area contributed by atoms with Crippen molar-refractivity contribution in [2.45, 2.75) is 31.2 Å². The highest BCUT2D eigenvalue weighted by Gasteiger charge is 2.51. The van der Waals surface area contributed by atoms with Crippen LogP contribution in [0.15, 0.2) is 24.8 Å². The lowest BCUT2D eigenvalue weighted by Gasteiger charge is -2.34. The number of methoxy groups -OCH3 is 1. The highest BCUT2D eigenvalue weighted by molar-refractivity contribution is 5.91. The van der Waals surface area contributed by atoms with Crippen LogP contribution in [0, 0.1) is 0 Å². The Bertz CT molecular complexity index is 406. The SMILES string of the molecule is C=CC[C@](NC(=O)C(F)(F)F)(C(=O)OC)[C@@H](O)/C=C/C. The second kappa shape index (κ2) is 7.09. The van der Waals surface area contributed by atoms with Crippen molar-refractivity contribution >= 4 is 11.9 Å². The van der Waals surface area contributed by atoms with Gasteiger partial charge in [-0.15, -0.1) is 6.58 Å². The summed E-state index contributed by atoms with van der Waals surface area (Å²) in [6, 6.07) is 0. The lowest BCUT2D eigenvalue weighted by molar-refractivity contribution is -0.180. The number of carbonyl (C=O) groups excluding carboxylic acids is 2. The Hall–Kier alpha value is -1.83. The molecule has 0 rings (SSSR count). The Morgan fingerprint density at radius 1 is 1.45 bits per heavy atom. The first-order valence-electron chi connectivity index (χ1n) is 5.55. The molecule has 0 unspecified atom stereocenters. The van der Waals surface area contributed by atoms with Crippen molar-refractivity contribution < 1.29 is 32.6 Å². The van der Waals surface area contributed by atoms with E-state index < -0.39 is 36.1 Å². The number of carbonyl (C=O) groups is 2. The summed E-state index contributed by atoms with van der Waals surface area (Å²) in [4.78, 5) is 22.8. The smallest absolute Gasteiger partial charge is 0.467 e. The van der Waals surface area contributed by atoms with Crippen molar-refractivity contribution in [1.29, 1.82) is 0 Å². The maximum atomic E-state index is 12.3. The van der Waals surface area contributed by atoms with Crippen LogP contribution in [0.2, 0.25) is 0 Å². The van der Waals surface area contributed by atoms with Gasteiger partial charge in [0.25, 0.3) is 0 Å². The number of hydrogen-bond donors (Lipinski definition) is 2. The van der Waals surface area contributed by atoms with Gasteiger partial charge in [-0.05, 0) is 6.92 Å². The number of aliphatic hydroxyl groups is 1. The lowest BCUT2D eigenvalue weighted by Crippen LogP contribution is -2.63. The molecular weight excluding hydrogens is 279 g/mol. The highest BCUT2D eigenvalue weighted by Crippen LogP contribution is 2.23. The number of esters is 1. The van der Waals surface area contributed by atoms with Gasteiger partial charge in [0.05, 0.1) is 7.11 Å². The largest absolute Gasteiger partial charge is 0.471 e. The van der Waals surface area contributed by atoms with Crippen LogP contribution >= 0.6 is 0 Å². The zero-order valence-corrected chi connectivity index (χ0v) is 11.0. The minimum absolute atomic E-state index is 0.438.